The molecule has 1 atom stereocenters. The number of piperazine rings is 1. The summed E-state index contributed by atoms with van der Waals surface area (Å²) in [5, 5.41) is 2.71. The van der Waals surface area contributed by atoms with Crippen LogP contribution in [0.5, 0.6) is 0 Å². The predicted octanol–water partition coefficient (Wildman–Crippen LogP) is 0.683. The van der Waals surface area contributed by atoms with Crippen molar-refractivity contribution >= 4 is 11.8 Å². The zero-order valence-electron chi connectivity index (χ0n) is 11.0. The summed E-state index contributed by atoms with van der Waals surface area (Å²) in [6.45, 7) is 3.14. The zero-order chi connectivity index (χ0) is 13.0. The Bertz CT molecular complexity index is 313. The summed E-state index contributed by atoms with van der Waals surface area (Å²) in [4.78, 5) is 25.1. The van der Waals surface area contributed by atoms with Gasteiger partial charge < -0.3 is 15.0 Å². The standard InChI is InChI=1S/C13H22N2O3/c1-2-11-13(17)15(9-12(16)14-11)7-8-18-10-5-3-4-6-10/h10-11H,2-9H2,1H3,(H,14,16). The number of hydrogen-bond acceptors (Lipinski definition) is 3. The van der Waals surface area contributed by atoms with Gasteiger partial charge in [0.15, 0.2) is 0 Å². The second-order valence-corrected chi connectivity index (χ2v) is 5.07. The molecule has 5 nitrogen and oxygen atoms in total. The minimum absolute atomic E-state index is 0.0205. The maximum atomic E-state index is 12.0. The van der Waals surface area contributed by atoms with Crippen molar-refractivity contribution in [2.45, 2.75) is 51.2 Å². The molecule has 102 valence electrons. The van der Waals surface area contributed by atoms with Gasteiger partial charge in [0.1, 0.15) is 6.04 Å². The Balaban J connectivity index is 1.76. The van der Waals surface area contributed by atoms with E-state index in [9.17, 15) is 9.59 Å². The van der Waals surface area contributed by atoms with Gasteiger partial charge in [-0.05, 0) is 19.3 Å². The average molecular weight is 254 g/mol. The van der Waals surface area contributed by atoms with E-state index in [1.165, 1.54) is 12.8 Å². The molecule has 2 fully saturated rings. The number of carbonyl (C=O) groups excluding carboxylic acids is 2. The van der Waals surface area contributed by atoms with E-state index in [4.69, 9.17) is 4.74 Å². The topological polar surface area (TPSA) is 58.6 Å². The van der Waals surface area contributed by atoms with Crippen molar-refractivity contribution in [3.63, 3.8) is 0 Å². The molecule has 2 rings (SSSR count). The smallest absolute Gasteiger partial charge is 0.245 e. The van der Waals surface area contributed by atoms with Gasteiger partial charge in [0.2, 0.25) is 11.8 Å². The number of amides is 2. The minimum atomic E-state index is -0.349. The fourth-order valence-corrected chi connectivity index (χ4v) is 2.62. The van der Waals surface area contributed by atoms with Gasteiger partial charge in [-0.25, -0.2) is 0 Å². The van der Waals surface area contributed by atoms with Crippen LogP contribution in [-0.4, -0.2) is 48.6 Å². The van der Waals surface area contributed by atoms with Gasteiger partial charge in [-0.3, -0.25) is 9.59 Å². The van der Waals surface area contributed by atoms with E-state index < -0.39 is 0 Å². The lowest BCUT2D eigenvalue weighted by molar-refractivity contribution is -0.145. The van der Waals surface area contributed by atoms with Crippen LogP contribution in [0.3, 0.4) is 0 Å². The largest absolute Gasteiger partial charge is 0.376 e. The van der Waals surface area contributed by atoms with Crippen molar-refractivity contribution in [2.75, 3.05) is 19.7 Å². The molecule has 1 saturated carbocycles. The molecular weight excluding hydrogens is 232 g/mol. The molecule has 2 amide bonds. The first-order valence-corrected chi connectivity index (χ1v) is 6.90. The molecule has 0 aromatic carbocycles. The van der Waals surface area contributed by atoms with Crippen LogP contribution in [0.25, 0.3) is 0 Å². The summed E-state index contributed by atoms with van der Waals surface area (Å²) >= 11 is 0. The Hall–Kier alpha value is -1.10. The van der Waals surface area contributed by atoms with Gasteiger partial charge in [-0.15, -0.1) is 0 Å². The van der Waals surface area contributed by atoms with Crippen LogP contribution >= 0.6 is 0 Å². The second kappa shape index (κ2) is 6.18. The highest BCUT2D eigenvalue weighted by atomic mass is 16.5. The molecular formula is C13H22N2O3. The van der Waals surface area contributed by atoms with Crippen LogP contribution in [0.4, 0.5) is 0 Å². The van der Waals surface area contributed by atoms with Crippen LogP contribution in [0.2, 0.25) is 0 Å². The quantitative estimate of drug-likeness (QED) is 0.785. The van der Waals surface area contributed by atoms with Gasteiger partial charge in [0.25, 0.3) is 0 Å². The van der Waals surface area contributed by atoms with Gasteiger partial charge in [-0.1, -0.05) is 19.8 Å². The van der Waals surface area contributed by atoms with Crippen molar-refractivity contribution in [3.8, 4) is 0 Å². The first-order valence-electron chi connectivity index (χ1n) is 6.90. The predicted molar refractivity (Wildman–Crippen MR) is 67.0 cm³/mol. The Morgan fingerprint density at radius 3 is 2.72 bits per heavy atom. The lowest BCUT2D eigenvalue weighted by atomic mass is 10.1. The van der Waals surface area contributed by atoms with Crippen LogP contribution in [0.15, 0.2) is 0 Å². The zero-order valence-corrected chi connectivity index (χ0v) is 11.0. The molecule has 2 aliphatic rings. The summed E-state index contributed by atoms with van der Waals surface area (Å²) in [7, 11) is 0. The van der Waals surface area contributed by atoms with Crippen LogP contribution < -0.4 is 5.32 Å². The number of hydrogen-bond donors (Lipinski definition) is 1. The maximum absolute atomic E-state index is 12.0. The van der Waals surface area contributed by atoms with E-state index in [2.05, 4.69) is 5.32 Å². The summed E-state index contributed by atoms with van der Waals surface area (Å²) in [5.41, 5.74) is 0. The number of rotatable bonds is 5. The third-order valence-corrected chi connectivity index (χ3v) is 3.70. The molecule has 0 aromatic rings. The SMILES string of the molecule is CCC1NC(=O)CN(CCOC2CCCC2)C1=O. The van der Waals surface area contributed by atoms with Gasteiger partial charge in [0.05, 0.1) is 19.3 Å². The maximum Gasteiger partial charge on any atom is 0.245 e. The summed E-state index contributed by atoms with van der Waals surface area (Å²) in [6, 6.07) is -0.349. The monoisotopic (exact) mass is 254 g/mol. The lowest BCUT2D eigenvalue weighted by Gasteiger charge is -2.32. The fourth-order valence-electron chi connectivity index (χ4n) is 2.62. The van der Waals surface area contributed by atoms with E-state index >= 15 is 0 Å². The van der Waals surface area contributed by atoms with E-state index in [0.717, 1.165) is 12.8 Å². The highest BCUT2D eigenvalue weighted by molar-refractivity contribution is 5.94. The van der Waals surface area contributed by atoms with Crippen molar-refractivity contribution in [1.29, 1.82) is 0 Å². The molecule has 0 radical (unpaired) electrons. The van der Waals surface area contributed by atoms with E-state index in [1.54, 1.807) is 4.90 Å². The molecule has 18 heavy (non-hydrogen) atoms. The molecule has 1 aliphatic carbocycles. The van der Waals surface area contributed by atoms with Crippen LogP contribution in [-0.2, 0) is 14.3 Å². The summed E-state index contributed by atoms with van der Waals surface area (Å²) < 4.78 is 5.73. The van der Waals surface area contributed by atoms with E-state index in [0.29, 0.717) is 25.7 Å². The first kappa shape index (κ1) is 13.3. The van der Waals surface area contributed by atoms with Gasteiger partial charge in [-0.2, -0.15) is 0 Å². The van der Waals surface area contributed by atoms with E-state index in [-0.39, 0.29) is 24.4 Å². The molecule has 5 heteroatoms. The van der Waals surface area contributed by atoms with Crippen molar-refractivity contribution in [2.24, 2.45) is 0 Å². The van der Waals surface area contributed by atoms with Crippen LogP contribution in [0.1, 0.15) is 39.0 Å². The minimum Gasteiger partial charge on any atom is -0.376 e. The molecule has 1 saturated heterocycles. The normalized spacial score (nSPS) is 25.6. The highest BCUT2D eigenvalue weighted by Crippen LogP contribution is 2.20. The molecule has 1 heterocycles. The molecule has 1 N–H and O–H groups in total. The third-order valence-electron chi connectivity index (χ3n) is 3.70. The Morgan fingerprint density at radius 1 is 1.33 bits per heavy atom. The van der Waals surface area contributed by atoms with Gasteiger partial charge >= 0.3 is 0 Å². The molecule has 1 unspecified atom stereocenters. The Kier molecular flexibility index (Phi) is 4.58. The first-order chi connectivity index (χ1) is 8.70. The third kappa shape index (κ3) is 3.22. The average Bonchev–Trinajstić information content (AvgIpc) is 2.86. The van der Waals surface area contributed by atoms with Crippen molar-refractivity contribution in [1.82, 2.24) is 10.2 Å². The summed E-state index contributed by atoms with van der Waals surface area (Å²) in [5.74, 6) is -0.0468. The molecule has 0 bridgehead atoms. The summed E-state index contributed by atoms with van der Waals surface area (Å²) in [6.07, 6.45) is 5.75. The number of nitrogens with one attached hydrogen (secondary N) is 1. The molecule has 0 aromatic heterocycles. The van der Waals surface area contributed by atoms with E-state index in [1.807, 2.05) is 6.92 Å². The van der Waals surface area contributed by atoms with Crippen molar-refractivity contribution < 1.29 is 14.3 Å². The highest BCUT2D eigenvalue weighted by Gasteiger charge is 2.31. The number of ether oxygens (including phenoxy) is 1. The lowest BCUT2D eigenvalue weighted by Crippen LogP contribution is -2.58. The molecule has 1 aliphatic heterocycles. The van der Waals surface area contributed by atoms with Crippen molar-refractivity contribution in [3.05, 3.63) is 0 Å². The fraction of sp³-hybridized carbons (Fsp3) is 0.846. The van der Waals surface area contributed by atoms with Gasteiger partial charge in [0, 0.05) is 6.54 Å². The van der Waals surface area contributed by atoms with Crippen LogP contribution in [0, 0.1) is 0 Å². The number of carbonyl (C=O) groups is 2. The second-order valence-electron chi connectivity index (χ2n) is 5.07. The Morgan fingerprint density at radius 2 is 2.06 bits per heavy atom. The Labute approximate surface area is 108 Å². The molecule has 0 spiro atoms. The number of nitrogens with zero attached hydrogens (tertiary/aromatic N) is 1.